The highest BCUT2D eigenvalue weighted by Crippen LogP contribution is 2.21. The summed E-state index contributed by atoms with van der Waals surface area (Å²) in [5, 5.41) is 22.5. The van der Waals surface area contributed by atoms with E-state index in [1.807, 2.05) is 0 Å². The van der Waals surface area contributed by atoms with E-state index in [1.54, 1.807) is 6.07 Å². The van der Waals surface area contributed by atoms with Crippen LogP contribution < -0.4 is 10.8 Å². The average Bonchev–Trinajstić information content (AvgIpc) is 2.66. The number of anilines is 1. The van der Waals surface area contributed by atoms with Gasteiger partial charge in [0.1, 0.15) is 11.9 Å². The van der Waals surface area contributed by atoms with Gasteiger partial charge in [-0.1, -0.05) is 18.2 Å². The number of nitrogens with zero attached hydrogens (tertiary/aromatic N) is 2. The zero-order valence-electron chi connectivity index (χ0n) is 14.3. The fourth-order valence-electron chi connectivity index (χ4n) is 2.35. The Morgan fingerprint density at radius 1 is 1.22 bits per heavy atom. The third-order valence-corrected chi connectivity index (χ3v) is 3.84. The van der Waals surface area contributed by atoms with E-state index in [0.717, 1.165) is 17.0 Å². The molecule has 0 unspecified atom stereocenters. The lowest BCUT2D eigenvalue weighted by molar-refractivity contribution is -0.385. The summed E-state index contributed by atoms with van der Waals surface area (Å²) in [5.74, 6) is -1.36. The molecule has 2 aromatic rings. The van der Waals surface area contributed by atoms with Crippen LogP contribution in [0, 0.1) is 15.9 Å². The van der Waals surface area contributed by atoms with Crippen LogP contribution in [-0.4, -0.2) is 33.0 Å². The third kappa shape index (κ3) is 4.98. The summed E-state index contributed by atoms with van der Waals surface area (Å²) >= 11 is 0. The molecule has 0 aliphatic carbocycles. The number of benzene rings is 2. The Kier molecular flexibility index (Phi) is 6.39. The number of amides is 3. The molecular weight excluding hydrogens is 359 g/mol. The van der Waals surface area contributed by atoms with Gasteiger partial charge in [0.2, 0.25) is 0 Å². The normalized spacial score (nSPS) is 11.4. The molecule has 0 aromatic heterocycles. The summed E-state index contributed by atoms with van der Waals surface area (Å²) in [4.78, 5) is 36.0. The quantitative estimate of drug-likeness (QED) is 0.406. The van der Waals surface area contributed by atoms with E-state index in [1.165, 1.54) is 42.7 Å². The molecule has 10 heteroatoms. The van der Waals surface area contributed by atoms with Crippen LogP contribution in [0.25, 0.3) is 0 Å². The van der Waals surface area contributed by atoms with Gasteiger partial charge in [0.05, 0.1) is 11.5 Å². The Bertz CT molecular complexity index is 843. The van der Waals surface area contributed by atoms with Crippen molar-refractivity contribution >= 4 is 23.3 Å². The molecule has 0 fully saturated rings. The van der Waals surface area contributed by atoms with Crippen LogP contribution in [0.3, 0.4) is 0 Å². The van der Waals surface area contributed by atoms with E-state index in [4.69, 9.17) is 5.21 Å². The number of nitro groups is 1. The van der Waals surface area contributed by atoms with Crippen LogP contribution in [0.4, 0.5) is 20.6 Å². The summed E-state index contributed by atoms with van der Waals surface area (Å²) in [6, 6.07) is 8.83. The molecule has 3 N–H and O–H groups in total. The smallest absolute Gasteiger partial charge is 0.308 e. The molecule has 0 radical (unpaired) electrons. The lowest BCUT2D eigenvalue weighted by atomic mass is 10.1. The topological polar surface area (TPSA) is 125 Å². The van der Waals surface area contributed by atoms with E-state index in [2.05, 4.69) is 5.32 Å². The van der Waals surface area contributed by atoms with E-state index in [-0.39, 0.29) is 23.5 Å². The Balaban J connectivity index is 2.31. The van der Waals surface area contributed by atoms with Crippen LogP contribution >= 0.6 is 0 Å². The van der Waals surface area contributed by atoms with Crippen molar-refractivity contribution in [1.29, 1.82) is 0 Å². The molecular formula is C17H17FN4O5. The van der Waals surface area contributed by atoms with Gasteiger partial charge in [-0.25, -0.2) is 14.7 Å². The predicted octanol–water partition coefficient (Wildman–Crippen LogP) is 2.66. The van der Waals surface area contributed by atoms with Gasteiger partial charge in [0.15, 0.2) is 0 Å². The first-order chi connectivity index (χ1) is 12.8. The molecule has 27 heavy (non-hydrogen) atoms. The molecule has 0 spiro atoms. The van der Waals surface area contributed by atoms with Crippen molar-refractivity contribution in [2.24, 2.45) is 0 Å². The fourth-order valence-corrected chi connectivity index (χ4v) is 2.35. The van der Waals surface area contributed by atoms with E-state index in [0.29, 0.717) is 0 Å². The number of carbonyl (C=O) groups is 2. The van der Waals surface area contributed by atoms with E-state index >= 15 is 0 Å². The van der Waals surface area contributed by atoms with Crippen molar-refractivity contribution in [3.8, 4) is 0 Å². The van der Waals surface area contributed by atoms with Gasteiger partial charge < -0.3 is 10.2 Å². The van der Waals surface area contributed by atoms with Gasteiger partial charge in [-0.3, -0.25) is 20.1 Å². The SMILES string of the molecule is C[C@@H](C(=O)NO)N(Cc1ccccc1[N+](=O)[O-])C(=O)Nc1ccc(F)cc1. The zero-order chi connectivity index (χ0) is 20.0. The second kappa shape index (κ2) is 8.72. The molecule has 2 aromatic carbocycles. The zero-order valence-corrected chi connectivity index (χ0v) is 14.3. The van der Waals surface area contributed by atoms with Crippen LogP contribution in [0.1, 0.15) is 12.5 Å². The third-order valence-electron chi connectivity index (χ3n) is 3.84. The first kappa shape index (κ1) is 19.8. The minimum atomic E-state index is -1.14. The van der Waals surface area contributed by atoms with Crippen molar-refractivity contribution < 1.29 is 24.1 Å². The van der Waals surface area contributed by atoms with Crippen LogP contribution in [0.5, 0.6) is 0 Å². The largest absolute Gasteiger partial charge is 0.322 e. The van der Waals surface area contributed by atoms with Gasteiger partial charge in [0.25, 0.3) is 11.6 Å². The molecule has 1 atom stereocenters. The van der Waals surface area contributed by atoms with Crippen molar-refractivity contribution in [2.75, 3.05) is 5.32 Å². The minimum absolute atomic E-state index is 0.203. The maximum Gasteiger partial charge on any atom is 0.322 e. The molecule has 0 bridgehead atoms. The first-order valence-corrected chi connectivity index (χ1v) is 7.83. The number of hydroxylamine groups is 1. The Hall–Kier alpha value is -3.53. The highest BCUT2D eigenvalue weighted by atomic mass is 19.1. The molecule has 0 heterocycles. The number of halogens is 1. The monoisotopic (exact) mass is 376 g/mol. The summed E-state index contributed by atoms with van der Waals surface area (Å²) in [5.41, 5.74) is 1.71. The molecule has 0 aliphatic heterocycles. The number of urea groups is 1. The molecule has 3 amide bonds. The number of hydrogen-bond donors (Lipinski definition) is 3. The number of carbonyl (C=O) groups excluding carboxylic acids is 2. The van der Waals surface area contributed by atoms with Gasteiger partial charge in [-0.15, -0.1) is 0 Å². The van der Waals surface area contributed by atoms with E-state index < -0.39 is 28.7 Å². The first-order valence-electron chi connectivity index (χ1n) is 7.83. The highest BCUT2D eigenvalue weighted by Gasteiger charge is 2.28. The summed E-state index contributed by atoms with van der Waals surface area (Å²) < 4.78 is 13.0. The van der Waals surface area contributed by atoms with E-state index in [9.17, 15) is 24.1 Å². The highest BCUT2D eigenvalue weighted by molar-refractivity contribution is 5.93. The standard InChI is InChI=1S/C17H17FN4O5/c1-11(16(23)20-25)21(10-12-4-2-3-5-15(12)22(26)27)17(24)19-14-8-6-13(18)7-9-14/h2-9,11,25H,10H2,1H3,(H,19,24)(H,20,23)/t11-/m0/s1. The van der Waals surface area contributed by atoms with Gasteiger partial charge >= 0.3 is 6.03 Å². The molecule has 0 saturated heterocycles. The molecule has 0 aliphatic rings. The van der Waals surface area contributed by atoms with Crippen molar-refractivity contribution in [1.82, 2.24) is 10.4 Å². The maximum atomic E-state index is 13.0. The van der Waals surface area contributed by atoms with Crippen molar-refractivity contribution in [3.05, 3.63) is 70.0 Å². The lowest BCUT2D eigenvalue weighted by Gasteiger charge is -2.28. The summed E-state index contributed by atoms with van der Waals surface area (Å²) in [6.07, 6.45) is 0. The molecule has 2 rings (SSSR count). The van der Waals surface area contributed by atoms with Crippen LogP contribution in [-0.2, 0) is 11.3 Å². The number of rotatable bonds is 6. The van der Waals surface area contributed by atoms with Gasteiger partial charge in [0, 0.05) is 17.3 Å². The van der Waals surface area contributed by atoms with Crippen molar-refractivity contribution in [2.45, 2.75) is 19.5 Å². The number of nitro benzene ring substituents is 1. The van der Waals surface area contributed by atoms with Crippen molar-refractivity contribution in [3.63, 3.8) is 0 Å². The van der Waals surface area contributed by atoms with Gasteiger partial charge in [-0.05, 0) is 31.2 Å². The lowest BCUT2D eigenvalue weighted by Crippen LogP contribution is -2.48. The Morgan fingerprint density at radius 2 is 1.85 bits per heavy atom. The summed E-state index contributed by atoms with van der Waals surface area (Å²) in [7, 11) is 0. The van der Waals surface area contributed by atoms with Gasteiger partial charge in [-0.2, -0.15) is 0 Å². The Labute approximate surface area is 153 Å². The maximum absolute atomic E-state index is 13.0. The number of para-hydroxylation sites is 1. The second-order valence-electron chi connectivity index (χ2n) is 5.60. The number of hydrogen-bond acceptors (Lipinski definition) is 5. The molecule has 0 saturated carbocycles. The van der Waals surface area contributed by atoms with Crippen LogP contribution in [0.15, 0.2) is 48.5 Å². The fraction of sp³-hybridized carbons (Fsp3) is 0.176. The summed E-state index contributed by atoms with van der Waals surface area (Å²) in [6.45, 7) is 1.09. The number of nitrogens with one attached hydrogen (secondary N) is 2. The average molecular weight is 376 g/mol. The minimum Gasteiger partial charge on any atom is -0.308 e. The van der Waals surface area contributed by atoms with Crippen LogP contribution in [0.2, 0.25) is 0 Å². The Morgan fingerprint density at radius 3 is 2.44 bits per heavy atom. The molecule has 142 valence electrons. The second-order valence-corrected chi connectivity index (χ2v) is 5.60. The predicted molar refractivity (Wildman–Crippen MR) is 93.4 cm³/mol. The molecule has 9 nitrogen and oxygen atoms in total.